The molecule has 0 aliphatic heterocycles. The third kappa shape index (κ3) is 4.74. The zero-order valence-electron chi connectivity index (χ0n) is 27.7. The van der Waals surface area contributed by atoms with Crippen LogP contribution in [0.4, 0.5) is 13.2 Å². The second-order valence-electron chi connectivity index (χ2n) is 13.1. The van der Waals surface area contributed by atoms with Gasteiger partial charge < -0.3 is 9.13 Å². The zero-order chi connectivity index (χ0) is 35.1. The lowest BCUT2D eigenvalue weighted by molar-refractivity contribution is -0.137. The fourth-order valence-electron chi connectivity index (χ4n) is 7.32. The summed E-state index contributed by atoms with van der Waals surface area (Å²) in [5, 5.41) is 25.4. The van der Waals surface area contributed by atoms with Crippen LogP contribution in [0, 0.1) is 50.4 Å². The Hall–Kier alpha value is -6.31. The number of nitrogens with zero attached hydrogens (tertiary/aromatic N) is 4. The van der Waals surface area contributed by atoms with E-state index < -0.39 is 11.7 Å². The number of alkyl halides is 3. The normalized spacial score (nSPS) is 11.9. The van der Waals surface area contributed by atoms with Crippen LogP contribution in [-0.4, -0.2) is 9.13 Å². The van der Waals surface area contributed by atoms with E-state index in [1.807, 2.05) is 94.4 Å². The van der Waals surface area contributed by atoms with E-state index in [9.17, 15) is 23.7 Å². The molecule has 0 bridgehead atoms. The third-order valence-corrected chi connectivity index (χ3v) is 9.62. The number of hydrogen-bond acceptors (Lipinski definition) is 2. The highest BCUT2D eigenvalue weighted by atomic mass is 19.4. The van der Waals surface area contributed by atoms with Gasteiger partial charge in [0, 0.05) is 21.5 Å². The summed E-state index contributed by atoms with van der Waals surface area (Å²) in [4.78, 5) is 0. The van der Waals surface area contributed by atoms with Crippen molar-refractivity contribution in [2.24, 2.45) is 0 Å². The van der Waals surface area contributed by atoms with Gasteiger partial charge in [0.05, 0.1) is 50.6 Å². The number of halogens is 3. The molecule has 2 aromatic heterocycles. The van der Waals surface area contributed by atoms with Gasteiger partial charge >= 0.3 is 6.18 Å². The first-order valence-corrected chi connectivity index (χ1v) is 16.2. The lowest BCUT2D eigenvalue weighted by Crippen LogP contribution is -2.07. The quantitative estimate of drug-likeness (QED) is 0.190. The molecule has 0 N–H and O–H groups in total. The van der Waals surface area contributed by atoms with E-state index >= 15 is 0 Å². The molecule has 50 heavy (non-hydrogen) atoms. The van der Waals surface area contributed by atoms with E-state index in [1.165, 1.54) is 6.07 Å². The minimum Gasteiger partial charge on any atom is -0.308 e. The Balaban J connectivity index is 1.56. The first kappa shape index (κ1) is 31.0. The summed E-state index contributed by atoms with van der Waals surface area (Å²) in [6.45, 7) is 8.16. The zero-order valence-corrected chi connectivity index (χ0v) is 27.7. The van der Waals surface area contributed by atoms with Gasteiger partial charge in [-0.15, -0.1) is 0 Å². The van der Waals surface area contributed by atoms with Crippen molar-refractivity contribution in [1.82, 2.24) is 9.13 Å². The molecule has 0 atom stereocenters. The summed E-state index contributed by atoms with van der Waals surface area (Å²) in [6.07, 6.45) is -4.61. The molecule has 4 nitrogen and oxygen atoms in total. The third-order valence-electron chi connectivity index (χ3n) is 9.62. The fraction of sp³-hybridized carbons (Fsp3) is 0.116. The molecule has 242 valence electrons. The summed E-state index contributed by atoms with van der Waals surface area (Å²) >= 11 is 0. The van der Waals surface area contributed by atoms with Gasteiger partial charge in [-0.05, 0) is 112 Å². The maximum absolute atomic E-state index is 13.8. The van der Waals surface area contributed by atoms with Crippen molar-refractivity contribution >= 4 is 43.6 Å². The summed E-state index contributed by atoms with van der Waals surface area (Å²) in [7, 11) is 0. The molecule has 0 saturated carbocycles. The van der Waals surface area contributed by atoms with Gasteiger partial charge in [-0.25, -0.2) is 0 Å². The average Bonchev–Trinajstić information content (AvgIpc) is 3.57. The SMILES string of the molecule is Cc1ccc2c(c1)c1cc(C)ccc1n2-c1cc(-c2ccc(C(F)(F)F)cc2C#N)cc(-n2c3ccc(C)cc3c3cc(C)ccc32)c1C#N. The number of aromatic nitrogens is 2. The number of fused-ring (bicyclic) bond motifs is 6. The summed E-state index contributed by atoms with van der Waals surface area (Å²) in [6, 6.07) is 36.2. The predicted molar refractivity (Wildman–Crippen MR) is 194 cm³/mol. The molecular formula is C43H29F3N4. The van der Waals surface area contributed by atoms with Crippen molar-refractivity contribution in [2.75, 3.05) is 0 Å². The van der Waals surface area contributed by atoms with Crippen LogP contribution in [0.25, 0.3) is 66.1 Å². The molecule has 2 heterocycles. The minimum absolute atomic E-state index is 0.108. The highest BCUT2D eigenvalue weighted by Crippen LogP contribution is 2.42. The highest BCUT2D eigenvalue weighted by molar-refractivity contribution is 6.11. The van der Waals surface area contributed by atoms with Gasteiger partial charge in [0.15, 0.2) is 0 Å². The van der Waals surface area contributed by atoms with Crippen molar-refractivity contribution in [3.8, 4) is 34.6 Å². The number of hydrogen-bond donors (Lipinski definition) is 0. The molecule has 8 rings (SSSR count). The van der Waals surface area contributed by atoms with E-state index in [0.29, 0.717) is 28.1 Å². The van der Waals surface area contributed by atoms with E-state index in [-0.39, 0.29) is 5.56 Å². The number of rotatable bonds is 3. The van der Waals surface area contributed by atoms with Crippen LogP contribution in [0.15, 0.2) is 103 Å². The van der Waals surface area contributed by atoms with Crippen LogP contribution in [0.1, 0.15) is 38.9 Å². The predicted octanol–water partition coefficient (Wildman–Crippen LogP) is 11.5. The van der Waals surface area contributed by atoms with Crippen LogP contribution < -0.4 is 0 Å². The van der Waals surface area contributed by atoms with Gasteiger partial charge in [-0.2, -0.15) is 23.7 Å². The first-order chi connectivity index (χ1) is 24.0. The van der Waals surface area contributed by atoms with Crippen molar-refractivity contribution in [3.63, 3.8) is 0 Å². The molecule has 6 aromatic carbocycles. The standard InChI is InChI=1S/C43H29F3N4/c1-24-5-11-37-32(15-24)33-16-25(2)6-12-38(33)49(37)41-20-28(31-10-9-30(43(44,45)46)19-29(31)22-47)21-42(36(41)23-48)50-39-13-7-26(3)17-34(39)35-18-27(4)8-14-40(35)50/h5-21H,1-4H3. The molecule has 8 aromatic rings. The smallest absolute Gasteiger partial charge is 0.308 e. The summed E-state index contributed by atoms with van der Waals surface area (Å²) in [5.74, 6) is 0. The Bertz CT molecular complexity index is 2550. The number of aryl methyl sites for hydroxylation is 4. The molecule has 0 radical (unpaired) electrons. The highest BCUT2D eigenvalue weighted by Gasteiger charge is 2.31. The van der Waals surface area contributed by atoms with E-state index in [0.717, 1.165) is 78.0 Å². The Morgan fingerprint density at radius 2 is 0.900 bits per heavy atom. The Morgan fingerprint density at radius 3 is 1.24 bits per heavy atom. The fourth-order valence-corrected chi connectivity index (χ4v) is 7.32. The Kier molecular flexibility index (Phi) is 6.89. The summed E-state index contributed by atoms with van der Waals surface area (Å²) < 4.78 is 45.5. The largest absolute Gasteiger partial charge is 0.416 e. The number of benzene rings is 6. The minimum atomic E-state index is -4.61. The Labute approximate surface area is 286 Å². The second kappa shape index (κ2) is 11.1. The molecule has 0 unspecified atom stereocenters. The monoisotopic (exact) mass is 658 g/mol. The maximum Gasteiger partial charge on any atom is 0.416 e. The molecule has 0 fully saturated rings. The average molecular weight is 659 g/mol. The van der Waals surface area contributed by atoms with Crippen molar-refractivity contribution in [2.45, 2.75) is 33.9 Å². The van der Waals surface area contributed by atoms with Gasteiger partial charge in [0.1, 0.15) is 11.6 Å². The second-order valence-corrected chi connectivity index (χ2v) is 13.1. The molecule has 0 aliphatic rings. The maximum atomic E-state index is 13.8. The first-order valence-electron chi connectivity index (χ1n) is 16.2. The van der Waals surface area contributed by atoms with Crippen LogP contribution in [-0.2, 0) is 6.18 Å². The topological polar surface area (TPSA) is 57.4 Å². The number of nitriles is 2. The van der Waals surface area contributed by atoms with Crippen molar-refractivity contribution < 1.29 is 13.2 Å². The van der Waals surface area contributed by atoms with Gasteiger partial charge in [0.2, 0.25) is 0 Å². The van der Waals surface area contributed by atoms with Gasteiger partial charge in [-0.1, -0.05) is 52.6 Å². The van der Waals surface area contributed by atoms with Crippen LogP contribution in [0.5, 0.6) is 0 Å². The molecule has 0 aliphatic carbocycles. The van der Waals surface area contributed by atoms with Crippen LogP contribution >= 0.6 is 0 Å². The molecular weight excluding hydrogens is 629 g/mol. The van der Waals surface area contributed by atoms with Crippen molar-refractivity contribution in [3.05, 3.63) is 142 Å². The van der Waals surface area contributed by atoms with Gasteiger partial charge in [-0.3, -0.25) is 0 Å². The van der Waals surface area contributed by atoms with Crippen LogP contribution in [0.3, 0.4) is 0 Å². The molecule has 0 spiro atoms. The summed E-state index contributed by atoms with van der Waals surface area (Å²) in [5.41, 5.74) is 9.27. The van der Waals surface area contributed by atoms with Crippen molar-refractivity contribution in [1.29, 1.82) is 10.5 Å². The van der Waals surface area contributed by atoms with E-state index in [4.69, 9.17) is 0 Å². The van der Waals surface area contributed by atoms with Gasteiger partial charge in [0.25, 0.3) is 0 Å². The molecule has 0 saturated heterocycles. The van der Waals surface area contributed by atoms with Crippen LogP contribution in [0.2, 0.25) is 0 Å². The van der Waals surface area contributed by atoms with E-state index in [2.05, 4.69) is 39.5 Å². The van der Waals surface area contributed by atoms with E-state index in [1.54, 1.807) is 0 Å². The Morgan fingerprint density at radius 1 is 0.500 bits per heavy atom. The lowest BCUT2D eigenvalue weighted by atomic mass is 9.95. The molecule has 0 amide bonds. The lowest BCUT2D eigenvalue weighted by Gasteiger charge is -2.19. The molecule has 7 heteroatoms.